The molecule has 1 amide bonds. The molecule has 1 N–H and O–H groups in total. The molecule has 1 aliphatic heterocycles. The van der Waals surface area contributed by atoms with E-state index < -0.39 is 23.5 Å². The lowest BCUT2D eigenvalue weighted by atomic mass is 9.99. The zero-order valence-corrected chi connectivity index (χ0v) is 16.8. The van der Waals surface area contributed by atoms with Gasteiger partial charge in [-0.15, -0.1) is 0 Å². The lowest BCUT2D eigenvalue weighted by Crippen LogP contribution is -2.32. The number of Topliss-reactive ketones (excluding diaryl/α,β-unsaturated/α-hetero) is 1. The van der Waals surface area contributed by atoms with Gasteiger partial charge in [-0.25, -0.2) is 0 Å². The van der Waals surface area contributed by atoms with Crippen LogP contribution in [-0.4, -0.2) is 41.0 Å². The monoisotopic (exact) mass is 409 g/mol. The van der Waals surface area contributed by atoms with Crippen molar-refractivity contribution in [1.82, 2.24) is 4.90 Å². The van der Waals surface area contributed by atoms with Crippen molar-refractivity contribution in [1.29, 1.82) is 0 Å². The fourth-order valence-corrected chi connectivity index (χ4v) is 3.64. The van der Waals surface area contributed by atoms with E-state index in [4.69, 9.17) is 13.6 Å². The van der Waals surface area contributed by atoms with Crippen LogP contribution < -0.4 is 0 Å². The maximum atomic E-state index is 13.3. The molecule has 3 heterocycles. The Hall–Kier alpha value is -3.32. The number of furan rings is 2. The van der Waals surface area contributed by atoms with Crippen LogP contribution in [0.3, 0.4) is 0 Å². The Bertz CT molecular complexity index is 1060. The van der Waals surface area contributed by atoms with Crippen LogP contribution in [0.2, 0.25) is 0 Å². The summed E-state index contributed by atoms with van der Waals surface area (Å²) in [6, 6.07) is 11.4. The summed E-state index contributed by atoms with van der Waals surface area (Å²) in [7, 11) is 0. The number of hydrogen-bond acceptors (Lipinski definition) is 6. The Morgan fingerprint density at radius 1 is 1.23 bits per heavy atom. The molecular formula is C23H23NO6. The summed E-state index contributed by atoms with van der Waals surface area (Å²) in [5.41, 5.74) is 0.515. The van der Waals surface area contributed by atoms with Gasteiger partial charge in [-0.1, -0.05) is 18.2 Å². The van der Waals surface area contributed by atoms with Gasteiger partial charge in [-0.05, 0) is 44.5 Å². The van der Waals surface area contributed by atoms with Crippen LogP contribution in [0.4, 0.5) is 0 Å². The minimum Gasteiger partial charge on any atom is -0.503 e. The molecule has 1 aliphatic rings. The number of ketones is 1. The number of para-hydroxylation sites is 1. The predicted octanol–water partition coefficient (Wildman–Crippen LogP) is 4.42. The molecule has 0 fully saturated rings. The number of nitrogens with zero attached hydrogens (tertiary/aromatic N) is 1. The zero-order chi connectivity index (χ0) is 21.3. The molecule has 0 saturated carbocycles. The number of benzene rings is 1. The number of ether oxygens (including phenoxy) is 1. The van der Waals surface area contributed by atoms with Gasteiger partial charge in [-0.2, -0.15) is 0 Å². The van der Waals surface area contributed by atoms with E-state index in [0.717, 1.165) is 5.39 Å². The largest absolute Gasteiger partial charge is 0.503 e. The number of fused-ring (bicyclic) bond motifs is 1. The average molecular weight is 409 g/mol. The van der Waals surface area contributed by atoms with Crippen molar-refractivity contribution in [3.8, 4) is 0 Å². The molecule has 1 aromatic carbocycles. The van der Waals surface area contributed by atoms with Crippen LogP contribution in [0.15, 0.2) is 68.9 Å². The fraction of sp³-hybridized carbons (Fsp3) is 0.304. The second-order valence-electron chi connectivity index (χ2n) is 7.43. The normalized spacial score (nSPS) is 17.0. The fourth-order valence-electron chi connectivity index (χ4n) is 3.64. The summed E-state index contributed by atoms with van der Waals surface area (Å²) in [4.78, 5) is 27.5. The highest BCUT2D eigenvalue weighted by molar-refractivity contribution is 6.15. The van der Waals surface area contributed by atoms with Gasteiger partial charge >= 0.3 is 0 Å². The first kappa shape index (κ1) is 20.0. The summed E-state index contributed by atoms with van der Waals surface area (Å²) >= 11 is 0. The molecule has 0 saturated heterocycles. The van der Waals surface area contributed by atoms with E-state index in [1.165, 1.54) is 11.2 Å². The molecule has 7 nitrogen and oxygen atoms in total. The van der Waals surface area contributed by atoms with Crippen LogP contribution >= 0.6 is 0 Å². The van der Waals surface area contributed by atoms with E-state index in [1.807, 2.05) is 32.0 Å². The lowest BCUT2D eigenvalue weighted by molar-refractivity contribution is -0.129. The number of carbonyl (C=O) groups is 2. The summed E-state index contributed by atoms with van der Waals surface area (Å²) in [6.07, 6.45) is 2.11. The number of rotatable bonds is 8. The van der Waals surface area contributed by atoms with Gasteiger partial charge in [0.05, 0.1) is 17.9 Å². The Balaban J connectivity index is 1.66. The number of carbonyl (C=O) groups excluding carboxylic acids is 2. The first-order valence-corrected chi connectivity index (χ1v) is 9.89. The third-order valence-corrected chi connectivity index (χ3v) is 5.00. The second-order valence-corrected chi connectivity index (χ2v) is 7.43. The van der Waals surface area contributed by atoms with Crippen LogP contribution in [0.5, 0.6) is 0 Å². The molecule has 2 aromatic heterocycles. The van der Waals surface area contributed by atoms with Crippen LogP contribution in [0.1, 0.15) is 42.6 Å². The van der Waals surface area contributed by atoms with Gasteiger partial charge in [0.1, 0.15) is 17.4 Å². The molecule has 156 valence electrons. The number of amides is 1. The minimum atomic E-state index is -0.827. The molecule has 0 aliphatic carbocycles. The smallest absolute Gasteiger partial charge is 0.290 e. The zero-order valence-electron chi connectivity index (χ0n) is 16.8. The quantitative estimate of drug-likeness (QED) is 0.437. The van der Waals surface area contributed by atoms with Crippen molar-refractivity contribution in [2.45, 2.75) is 32.4 Å². The van der Waals surface area contributed by atoms with Crippen LogP contribution in [-0.2, 0) is 9.53 Å². The van der Waals surface area contributed by atoms with Gasteiger partial charge < -0.3 is 23.6 Å². The topological polar surface area (TPSA) is 93.1 Å². The van der Waals surface area contributed by atoms with Gasteiger partial charge in [-0.3, -0.25) is 9.59 Å². The van der Waals surface area contributed by atoms with Crippen LogP contribution in [0.25, 0.3) is 11.0 Å². The van der Waals surface area contributed by atoms with E-state index in [0.29, 0.717) is 30.9 Å². The first-order chi connectivity index (χ1) is 14.5. The highest BCUT2D eigenvalue weighted by Gasteiger charge is 2.45. The van der Waals surface area contributed by atoms with E-state index in [-0.39, 0.29) is 17.4 Å². The molecule has 0 radical (unpaired) electrons. The van der Waals surface area contributed by atoms with Crippen molar-refractivity contribution in [3.63, 3.8) is 0 Å². The lowest BCUT2D eigenvalue weighted by Gasteiger charge is -2.24. The third-order valence-electron chi connectivity index (χ3n) is 5.00. The Kier molecular flexibility index (Phi) is 5.46. The standard InChI is InChI=1S/C23H23NO6/c1-14(2)28-12-6-10-24-20(17-9-5-11-29-17)19(22(26)23(24)27)21(25)18-13-15-7-3-4-8-16(15)30-18/h3-5,7-9,11,13-14,20,26H,6,10,12H2,1-2H3. The predicted molar refractivity (Wildman–Crippen MR) is 109 cm³/mol. The Morgan fingerprint density at radius 2 is 2.03 bits per heavy atom. The summed E-state index contributed by atoms with van der Waals surface area (Å²) in [6.45, 7) is 4.63. The van der Waals surface area contributed by atoms with Gasteiger partial charge in [0.2, 0.25) is 5.78 Å². The maximum Gasteiger partial charge on any atom is 0.290 e. The molecule has 0 spiro atoms. The van der Waals surface area contributed by atoms with Crippen molar-refractivity contribution >= 4 is 22.7 Å². The number of aliphatic hydroxyl groups is 1. The van der Waals surface area contributed by atoms with Gasteiger partial charge in [0, 0.05) is 18.5 Å². The Morgan fingerprint density at radius 3 is 2.73 bits per heavy atom. The molecular weight excluding hydrogens is 386 g/mol. The summed E-state index contributed by atoms with van der Waals surface area (Å²) in [5, 5.41) is 11.4. The van der Waals surface area contributed by atoms with E-state index in [2.05, 4.69) is 0 Å². The highest BCUT2D eigenvalue weighted by atomic mass is 16.5. The van der Waals surface area contributed by atoms with Crippen molar-refractivity contribution in [2.75, 3.05) is 13.2 Å². The van der Waals surface area contributed by atoms with Crippen LogP contribution in [0, 0.1) is 0 Å². The molecule has 1 atom stereocenters. The van der Waals surface area contributed by atoms with E-state index in [9.17, 15) is 14.7 Å². The maximum absolute atomic E-state index is 13.3. The molecule has 1 unspecified atom stereocenters. The van der Waals surface area contributed by atoms with Gasteiger partial charge in [0.15, 0.2) is 11.5 Å². The van der Waals surface area contributed by atoms with E-state index in [1.54, 1.807) is 24.3 Å². The molecule has 0 bridgehead atoms. The number of hydrogen-bond donors (Lipinski definition) is 1. The van der Waals surface area contributed by atoms with E-state index >= 15 is 0 Å². The first-order valence-electron chi connectivity index (χ1n) is 9.89. The average Bonchev–Trinajstić information content (AvgIpc) is 3.44. The molecule has 30 heavy (non-hydrogen) atoms. The van der Waals surface area contributed by atoms with Gasteiger partial charge in [0.25, 0.3) is 5.91 Å². The van der Waals surface area contributed by atoms with Crippen molar-refractivity contribution in [2.24, 2.45) is 0 Å². The molecule has 4 rings (SSSR count). The summed E-state index contributed by atoms with van der Waals surface area (Å²) in [5.74, 6) is -1.27. The van der Waals surface area contributed by atoms with Crippen molar-refractivity contribution < 1.29 is 28.3 Å². The molecule has 7 heteroatoms. The highest BCUT2D eigenvalue weighted by Crippen LogP contribution is 2.39. The van der Waals surface area contributed by atoms with Crippen molar-refractivity contribution in [3.05, 3.63) is 71.6 Å². The SMILES string of the molecule is CC(C)OCCCN1C(=O)C(O)=C(C(=O)c2cc3ccccc3o2)C1c1ccco1. The Labute approximate surface area is 173 Å². The summed E-state index contributed by atoms with van der Waals surface area (Å²) < 4.78 is 16.7. The number of aliphatic hydroxyl groups excluding tert-OH is 1. The second kappa shape index (κ2) is 8.20. The molecule has 3 aromatic rings. The third kappa shape index (κ3) is 3.64. The minimum absolute atomic E-state index is 0.0428.